The molecule has 0 aromatic heterocycles. The normalized spacial score (nSPS) is 15.3. The number of nitrogens with one attached hydrogen (secondary N) is 2. The molecule has 0 heterocycles. The molecule has 1 aromatic rings. The van der Waals surface area contributed by atoms with E-state index in [0.717, 1.165) is 12.8 Å². The Balaban J connectivity index is 2.01. The van der Waals surface area contributed by atoms with E-state index in [1.54, 1.807) is 25.1 Å². The van der Waals surface area contributed by atoms with E-state index >= 15 is 0 Å². The first-order chi connectivity index (χ1) is 9.51. The highest BCUT2D eigenvalue weighted by Crippen LogP contribution is 2.22. The van der Waals surface area contributed by atoms with Crippen LogP contribution < -0.4 is 15.4 Å². The van der Waals surface area contributed by atoms with E-state index in [1.165, 1.54) is 7.11 Å². The fourth-order valence-corrected chi connectivity index (χ4v) is 2.13. The highest BCUT2D eigenvalue weighted by molar-refractivity contribution is 9.10. The molecule has 0 spiro atoms. The number of benzene rings is 1. The molecule has 0 aliphatic heterocycles. The summed E-state index contributed by atoms with van der Waals surface area (Å²) >= 11 is 3.32. The molecule has 0 bridgehead atoms. The van der Waals surface area contributed by atoms with Crippen LogP contribution in [0.1, 0.15) is 30.1 Å². The molecule has 1 fully saturated rings. The SMILES string of the molecule is COc1ccc(Br)c(C(=O)NC(C)C(=O)NC2CC2)c1. The molecule has 2 rings (SSSR count). The molecule has 1 aliphatic rings. The van der Waals surface area contributed by atoms with Gasteiger partial charge in [-0.05, 0) is 53.9 Å². The topological polar surface area (TPSA) is 67.4 Å². The van der Waals surface area contributed by atoms with Crippen molar-refractivity contribution in [2.75, 3.05) is 7.11 Å². The van der Waals surface area contributed by atoms with Crippen LogP contribution in [0.3, 0.4) is 0 Å². The molecule has 2 N–H and O–H groups in total. The van der Waals surface area contributed by atoms with Crippen molar-refractivity contribution in [1.29, 1.82) is 0 Å². The molecular weight excluding hydrogens is 324 g/mol. The van der Waals surface area contributed by atoms with Gasteiger partial charge < -0.3 is 15.4 Å². The number of hydrogen-bond acceptors (Lipinski definition) is 3. The predicted molar refractivity (Wildman–Crippen MR) is 78.8 cm³/mol. The molecule has 1 saturated carbocycles. The lowest BCUT2D eigenvalue weighted by Gasteiger charge is -2.15. The third-order valence-corrected chi connectivity index (χ3v) is 3.77. The van der Waals surface area contributed by atoms with E-state index in [9.17, 15) is 9.59 Å². The van der Waals surface area contributed by atoms with Gasteiger partial charge in [0.1, 0.15) is 11.8 Å². The number of methoxy groups -OCH3 is 1. The fraction of sp³-hybridized carbons (Fsp3) is 0.429. The van der Waals surface area contributed by atoms with Crippen molar-refractivity contribution in [2.24, 2.45) is 0 Å². The maximum atomic E-state index is 12.2. The Kier molecular flexibility index (Phi) is 4.65. The molecule has 1 aromatic carbocycles. The molecule has 20 heavy (non-hydrogen) atoms. The minimum absolute atomic E-state index is 0.153. The van der Waals surface area contributed by atoms with Crippen LogP contribution in [0.4, 0.5) is 0 Å². The zero-order chi connectivity index (χ0) is 14.7. The fourth-order valence-electron chi connectivity index (χ4n) is 1.70. The van der Waals surface area contributed by atoms with Crippen molar-refractivity contribution in [1.82, 2.24) is 10.6 Å². The second kappa shape index (κ2) is 6.26. The highest BCUT2D eigenvalue weighted by atomic mass is 79.9. The number of hydrogen-bond donors (Lipinski definition) is 2. The quantitative estimate of drug-likeness (QED) is 0.859. The second-order valence-electron chi connectivity index (χ2n) is 4.82. The third-order valence-electron chi connectivity index (χ3n) is 3.08. The van der Waals surface area contributed by atoms with Gasteiger partial charge in [0.2, 0.25) is 5.91 Å². The van der Waals surface area contributed by atoms with Gasteiger partial charge in [-0.2, -0.15) is 0 Å². The van der Waals surface area contributed by atoms with Crippen molar-refractivity contribution in [3.8, 4) is 5.75 Å². The van der Waals surface area contributed by atoms with Gasteiger partial charge in [-0.25, -0.2) is 0 Å². The lowest BCUT2D eigenvalue weighted by molar-refractivity contribution is -0.122. The Labute approximate surface area is 126 Å². The molecule has 0 radical (unpaired) electrons. The molecule has 6 heteroatoms. The monoisotopic (exact) mass is 340 g/mol. The molecular formula is C14H17BrN2O3. The lowest BCUT2D eigenvalue weighted by Crippen LogP contribution is -2.45. The molecule has 0 saturated heterocycles. The number of halogens is 1. The highest BCUT2D eigenvalue weighted by Gasteiger charge is 2.26. The summed E-state index contributed by atoms with van der Waals surface area (Å²) in [6, 6.07) is 4.84. The van der Waals surface area contributed by atoms with E-state index in [2.05, 4.69) is 26.6 Å². The zero-order valence-electron chi connectivity index (χ0n) is 11.4. The summed E-state index contributed by atoms with van der Waals surface area (Å²) in [5.74, 6) is 0.127. The average Bonchev–Trinajstić information content (AvgIpc) is 3.23. The summed E-state index contributed by atoms with van der Waals surface area (Å²) in [5.41, 5.74) is 0.440. The Morgan fingerprint density at radius 3 is 2.70 bits per heavy atom. The third kappa shape index (κ3) is 3.72. The first-order valence-electron chi connectivity index (χ1n) is 6.46. The maximum absolute atomic E-state index is 12.2. The van der Waals surface area contributed by atoms with Crippen molar-refractivity contribution >= 4 is 27.7 Å². The largest absolute Gasteiger partial charge is 0.497 e. The molecule has 5 nitrogen and oxygen atoms in total. The van der Waals surface area contributed by atoms with E-state index in [1.807, 2.05) is 0 Å². The van der Waals surface area contributed by atoms with Gasteiger partial charge in [-0.1, -0.05) is 0 Å². The first kappa shape index (κ1) is 14.8. The van der Waals surface area contributed by atoms with Crippen molar-refractivity contribution in [2.45, 2.75) is 31.8 Å². The van der Waals surface area contributed by atoms with Crippen LogP contribution in [-0.4, -0.2) is 31.0 Å². The van der Waals surface area contributed by atoms with Gasteiger partial charge >= 0.3 is 0 Å². The van der Waals surface area contributed by atoms with Gasteiger partial charge in [0, 0.05) is 10.5 Å². The number of rotatable bonds is 5. The van der Waals surface area contributed by atoms with Gasteiger partial charge in [0.05, 0.1) is 12.7 Å². The van der Waals surface area contributed by atoms with Gasteiger partial charge in [-0.15, -0.1) is 0 Å². The average molecular weight is 341 g/mol. The molecule has 1 aliphatic carbocycles. The van der Waals surface area contributed by atoms with Crippen LogP contribution in [-0.2, 0) is 4.79 Å². The second-order valence-corrected chi connectivity index (χ2v) is 5.68. The molecule has 1 atom stereocenters. The summed E-state index contributed by atoms with van der Waals surface area (Å²) in [6.45, 7) is 1.67. The summed E-state index contributed by atoms with van der Waals surface area (Å²) in [6.07, 6.45) is 2.04. The van der Waals surface area contributed by atoms with Gasteiger partial charge in [-0.3, -0.25) is 9.59 Å². The van der Waals surface area contributed by atoms with Crippen molar-refractivity contribution < 1.29 is 14.3 Å². The lowest BCUT2D eigenvalue weighted by atomic mass is 10.2. The summed E-state index contributed by atoms with van der Waals surface area (Å²) in [7, 11) is 1.54. The number of ether oxygens (including phenoxy) is 1. The minimum atomic E-state index is -0.568. The van der Waals surface area contributed by atoms with Crippen LogP contribution in [0.15, 0.2) is 22.7 Å². The maximum Gasteiger partial charge on any atom is 0.253 e. The van der Waals surface area contributed by atoms with Gasteiger partial charge in [0.15, 0.2) is 0 Å². The molecule has 1 unspecified atom stereocenters. The molecule has 2 amide bonds. The van der Waals surface area contributed by atoms with Crippen LogP contribution in [0.25, 0.3) is 0 Å². The van der Waals surface area contributed by atoms with E-state index in [0.29, 0.717) is 15.8 Å². The van der Waals surface area contributed by atoms with Gasteiger partial charge in [0.25, 0.3) is 5.91 Å². The number of carbonyl (C=O) groups excluding carboxylic acids is 2. The minimum Gasteiger partial charge on any atom is -0.497 e. The van der Waals surface area contributed by atoms with Crippen LogP contribution >= 0.6 is 15.9 Å². The van der Waals surface area contributed by atoms with E-state index < -0.39 is 6.04 Å². The van der Waals surface area contributed by atoms with Crippen molar-refractivity contribution in [3.05, 3.63) is 28.2 Å². The Morgan fingerprint density at radius 1 is 1.40 bits per heavy atom. The zero-order valence-corrected chi connectivity index (χ0v) is 13.0. The number of amides is 2. The Hall–Kier alpha value is -1.56. The van der Waals surface area contributed by atoms with Crippen molar-refractivity contribution in [3.63, 3.8) is 0 Å². The van der Waals surface area contributed by atoms with Crippen LogP contribution in [0, 0.1) is 0 Å². The van der Waals surface area contributed by atoms with Crippen LogP contribution in [0.5, 0.6) is 5.75 Å². The van der Waals surface area contributed by atoms with Crippen LogP contribution in [0.2, 0.25) is 0 Å². The molecule has 108 valence electrons. The summed E-state index contributed by atoms with van der Waals surface area (Å²) in [5, 5.41) is 5.54. The predicted octanol–water partition coefficient (Wildman–Crippen LogP) is 1.85. The smallest absolute Gasteiger partial charge is 0.253 e. The summed E-state index contributed by atoms with van der Waals surface area (Å²) in [4.78, 5) is 24.0. The first-order valence-corrected chi connectivity index (χ1v) is 7.25. The summed E-state index contributed by atoms with van der Waals surface area (Å²) < 4.78 is 5.75. The Morgan fingerprint density at radius 2 is 2.10 bits per heavy atom. The van der Waals surface area contributed by atoms with E-state index in [-0.39, 0.29) is 17.9 Å². The Bertz CT molecular complexity index is 529. The van der Waals surface area contributed by atoms with E-state index in [4.69, 9.17) is 4.74 Å². The number of carbonyl (C=O) groups is 2. The standard InChI is InChI=1S/C14H17BrN2O3/c1-8(13(18)17-9-3-4-9)16-14(19)11-7-10(20-2)5-6-12(11)15/h5-9H,3-4H2,1-2H3,(H,16,19)(H,17,18).